The number of nitrogens with zero attached hydrogens (tertiary/aromatic N) is 2. The smallest absolute Gasteiger partial charge is 0.301 e. The van der Waals surface area contributed by atoms with Gasteiger partial charge in [0.15, 0.2) is 5.13 Å². The summed E-state index contributed by atoms with van der Waals surface area (Å²) in [5.41, 5.74) is 3.01. The van der Waals surface area contributed by atoms with Crippen molar-refractivity contribution >= 4 is 71.7 Å². The number of aliphatic hydroxyl groups is 1. The van der Waals surface area contributed by atoms with E-state index in [4.69, 9.17) is 11.6 Å². The Morgan fingerprint density at radius 1 is 1.12 bits per heavy atom. The van der Waals surface area contributed by atoms with Gasteiger partial charge in [-0.3, -0.25) is 14.5 Å². The highest BCUT2D eigenvalue weighted by Gasteiger charge is 2.48. The summed E-state index contributed by atoms with van der Waals surface area (Å²) in [4.78, 5) is 32.7. The predicted octanol–water partition coefficient (Wildman–Crippen LogP) is 6.90. The average Bonchev–Trinajstić information content (AvgIpc) is 3.36. The zero-order chi connectivity index (χ0) is 24.0. The van der Waals surface area contributed by atoms with Gasteiger partial charge in [0.05, 0.1) is 21.8 Å². The van der Waals surface area contributed by atoms with Gasteiger partial charge in [-0.15, -0.1) is 0 Å². The van der Waals surface area contributed by atoms with E-state index in [0.717, 1.165) is 26.7 Å². The number of aryl methyl sites for hydroxylation is 1. The summed E-state index contributed by atoms with van der Waals surface area (Å²) < 4.78 is 1.72. The molecule has 1 N–H and O–H groups in total. The topological polar surface area (TPSA) is 70.5 Å². The number of carbonyl (C=O) groups is 2. The number of aromatic nitrogens is 1. The van der Waals surface area contributed by atoms with Crippen LogP contribution in [0.15, 0.2) is 76.8 Å². The zero-order valence-electron chi connectivity index (χ0n) is 18.0. The van der Waals surface area contributed by atoms with Crippen molar-refractivity contribution in [3.8, 4) is 0 Å². The van der Waals surface area contributed by atoms with Crippen LogP contribution in [0.3, 0.4) is 0 Å². The number of Topliss-reactive ketones (excluding diaryl/α,β-unsaturated/α-hetero) is 1. The van der Waals surface area contributed by atoms with E-state index in [0.29, 0.717) is 21.3 Å². The lowest BCUT2D eigenvalue weighted by Gasteiger charge is -2.23. The molecule has 1 fully saturated rings. The number of carbonyl (C=O) groups excluding carboxylic acids is 2. The molecule has 4 aromatic rings. The number of rotatable bonds is 4. The number of anilines is 1. The van der Waals surface area contributed by atoms with E-state index in [1.54, 1.807) is 24.3 Å². The molecule has 1 aromatic heterocycles. The van der Waals surface area contributed by atoms with Gasteiger partial charge >= 0.3 is 5.91 Å². The van der Waals surface area contributed by atoms with Crippen LogP contribution in [-0.4, -0.2) is 21.8 Å². The van der Waals surface area contributed by atoms with Crippen molar-refractivity contribution in [2.75, 3.05) is 4.90 Å². The second-order valence-electron chi connectivity index (χ2n) is 7.88. The molecule has 5 rings (SSSR count). The first-order valence-corrected chi connectivity index (χ1v) is 12.6. The molecule has 0 saturated carbocycles. The summed E-state index contributed by atoms with van der Waals surface area (Å²) in [6.07, 6.45) is 0.882. The molecule has 2 heterocycles. The van der Waals surface area contributed by atoms with E-state index in [1.165, 1.54) is 16.2 Å². The first-order chi connectivity index (χ1) is 16.4. The monoisotopic (exact) mass is 552 g/mol. The van der Waals surface area contributed by atoms with Crippen LogP contribution in [0.5, 0.6) is 0 Å². The maximum Gasteiger partial charge on any atom is 0.301 e. The maximum absolute atomic E-state index is 13.3. The molecule has 0 bridgehead atoms. The molecule has 5 nitrogen and oxygen atoms in total. The summed E-state index contributed by atoms with van der Waals surface area (Å²) >= 11 is 10.8. The minimum Gasteiger partial charge on any atom is -0.507 e. The van der Waals surface area contributed by atoms with Crippen molar-refractivity contribution in [1.29, 1.82) is 0 Å². The normalized spacial score (nSPS) is 17.6. The number of hydrogen-bond donors (Lipinski definition) is 1. The zero-order valence-corrected chi connectivity index (χ0v) is 21.1. The number of amides is 1. The fraction of sp³-hybridized carbons (Fsp3) is 0.115. The molecule has 0 aliphatic carbocycles. The van der Waals surface area contributed by atoms with Crippen LogP contribution in [-0.2, 0) is 16.0 Å². The molecular weight excluding hydrogens is 536 g/mol. The van der Waals surface area contributed by atoms with Crippen LogP contribution >= 0.6 is 38.9 Å². The highest BCUT2D eigenvalue weighted by Crippen LogP contribution is 2.44. The molecule has 1 aliphatic rings. The van der Waals surface area contributed by atoms with Crippen LogP contribution in [0, 0.1) is 0 Å². The minimum absolute atomic E-state index is 0.0129. The van der Waals surface area contributed by atoms with Crippen LogP contribution in [0.25, 0.3) is 16.0 Å². The number of aliphatic hydroxyl groups excluding tert-OH is 1. The fourth-order valence-electron chi connectivity index (χ4n) is 4.06. The molecule has 1 aliphatic heterocycles. The number of thiazole rings is 1. The molecule has 3 aromatic carbocycles. The third kappa shape index (κ3) is 3.94. The summed E-state index contributed by atoms with van der Waals surface area (Å²) in [5.74, 6) is -1.74. The van der Waals surface area contributed by atoms with Gasteiger partial charge in [0, 0.05) is 15.1 Å². The fourth-order valence-corrected chi connectivity index (χ4v) is 5.66. The minimum atomic E-state index is -0.834. The number of ketones is 1. The molecular formula is C26H18BrClN2O3S. The summed E-state index contributed by atoms with van der Waals surface area (Å²) in [6, 6.07) is 19.0. The van der Waals surface area contributed by atoms with Gasteiger partial charge in [0.1, 0.15) is 5.76 Å². The van der Waals surface area contributed by atoms with Crippen LogP contribution in [0.1, 0.15) is 29.7 Å². The second-order valence-corrected chi connectivity index (χ2v) is 10.2. The third-order valence-electron chi connectivity index (χ3n) is 5.78. The van der Waals surface area contributed by atoms with E-state index >= 15 is 0 Å². The van der Waals surface area contributed by atoms with Gasteiger partial charge in [-0.2, -0.15) is 0 Å². The Balaban J connectivity index is 1.72. The lowest BCUT2D eigenvalue weighted by atomic mass is 9.95. The third-order valence-corrected chi connectivity index (χ3v) is 7.55. The first kappa shape index (κ1) is 22.8. The van der Waals surface area contributed by atoms with Crippen molar-refractivity contribution in [3.63, 3.8) is 0 Å². The van der Waals surface area contributed by atoms with Gasteiger partial charge < -0.3 is 5.11 Å². The summed E-state index contributed by atoms with van der Waals surface area (Å²) in [5, 5.41) is 12.1. The van der Waals surface area contributed by atoms with Crippen LogP contribution in [0.4, 0.5) is 5.13 Å². The molecule has 34 heavy (non-hydrogen) atoms. The molecule has 0 spiro atoms. The quantitative estimate of drug-likeness (QED) is 0.169. The standard InChI is InChI=1S/C26H18BrClN2O3S/c1-2-14-6-11-19-20(12-14)34-26(29-19)30-22(16-4-3-5-17(27)13-16)21(24(32)25(30)33)23(31)15-7-9-18(28)10-8-15/h3-13,22,31H,2H2,1H3/b23-21+/t22-/m0/s1. The van der Waals surface area contributed by atoms with E-state index in [2.05, 4.69) is 33.9 Å². The average molecular weight is 554 g/mol. The Bertz CT molecular complexity index is 1480. The van der Waals surface area contributed by atoms with Crippen LogP contribution in [0.2, 0.25) is 5.02 Å². The van der Waals surface area contributed by atoms with Crippen molar-refractivity contribution in [2.45, 2.75) is 19.4 Å². The first-order valence-electron chi connectivity index (χ1n) is 10.6. The Hall–Kier alpha value is -3.00. The molecule has 1 atom stereocenters. The molecule has 8 heteroatoms. The number of benzene rings is 3. The van der Waals surface area contributed by atoms with Gasteiger partial charge in [-0.1, -0.05) is 64.0 Å². The van der Waals surface area contributed by atoms with E-state index in [-0.39, 0.29) is 11.3 Å². The van der Waals surface area contributed by atoms with Crippen molar-refractivity contribution < 1.29 is 14.7 Å². The Morgan fingerprint density at radius 2 is 1.88 bits per heavy atom. The van der Waals surface area contributed by atoms with E-state index in [1.807, 2.05) is 36.4 Å². The Kier molecular flexibility index (Phi) is 6.02. The predicted molar refractivity (Wildman–Crippen MR) is 139 cm³/mol. The van der Waals surface area contributed by atoms with E-state index in [9.17, 15) is 14.7 Å². The SMILES string of the molecule is CCc1ccc2nc(N3C(=O)C(=O)/C(=C(/O)c4ccc(Cl)cc4)[C@@H]3c3cccc(Br)c3)sc2c1. The van der Waals surface area contributed by atoms with E-state index < -0.39 is 17.7 Å². The summed E-state index contributed by atoms with van der Waals surface area (Å²) in [7, 11) is 0. The largest absolute Gasteiger partial charge is 0.507 e. The molecule has 1 amide bonds. The number of fused-ring (bicyclic) bond motifs is 1. The molecule has 1 saturated heterocycles. The highest BCUT2D eigenvalue weighted by atomic mass is 79.9. The molecule has 0 unspecified atom stereocenters. The van der Waals surface area contributed by atoms with Gasteiger partial charge in [0.25, 0.3) is 5.78 Å². The number of halogens is 2. The van der Waals surface area contributed by atoms with Gasteiger partial charge in [-0.25, -0.2) is 4.98 Å². The van der Waals surface area contributed by atoms with Crippen molar-refractivity contribution in [1.82, 2.24) is 4.98 Å². The van der Waals surface area contributed by atoms with Crippen molar-refractivity contribution in [3.05, 3.63) is 98.5 Å². The Morgan fingerprint density at radius 3 is 2.59 bits per heavy atom. The Labute approximate surface area is 213 Å². The second kappa shape index (κ2) is 8.98. The van der Waals surface area contributed by atoms with Gasteiger partial charge in [0.2, 0.25) is 0 Å². The number of hydrogen-bond acceptors (Lipinski definition) is 5. The molecule has 170 valence electrons. The lowest BCUT2D eigenvalue weighted by Crippen LogP contribution is -2.29. The van der Waals surface area contributed by atoms with Crippen LogP contribution < -0.4 is 4.90 Å². The molecule has 0 radical (unpaired) electrons. The highest BCUT2D eigenvalue weighted by molar-refractivity contribution is 9.10. The van der Waals surface area contributed by atoms with Gasteiger partial charge in [-0.05, 0) is 66.1 Å². The summed E-state index contributed by atoms with van der Waals surface area (Å²) in [6.45, 7) is 2.08. The lowest BCUT2D eigenvalue weighted by molar-refractivity contribution is -0.132. The maximum atomic E-state index is 13.3. The van der Waals surface area contributed by atoms with Crippen molar-refractivity contribution in [2.24, 2.45) is 0 Å².